The number of carbonyl (C=O) groups excluding carboxylic acids is 10. The van der Waals surface area contributed by atoms with E-state index in [0.717, 1.165) is 0 Å². The summed E-state index contributed by atoms with van der Waals surface area (Å²) in [5.74, 6) is -5.41. The number of ether oxygens (including phenoxy) is 2. The molecule has 10 amide bonds. The number of benzene rings is 2. The molecule has 76 heavy (non-hydrogen) atoms. The highest BCUT2D eigenvalue weighted by Gasteiger charge is 2.57. The van der Waals surface area contributed by atoms with Crippen molar-refractivity contribution in [3.8, 4) is 0 Å². The van der Waals surface area contributed by atoms with Crippen LogP contribution in [0.2, 0.25) is 0 Å². The predicted molar refractivity (Wildman–Crippen MR) is 278 cm³/mol. The normalized spacial score (nSPS) is 22.4. The van der Waals surface area contributed by atoms with E-state index in [1.165, 1.54) is 19.6 Å². The maximum atomic E-state index is 14.4. The van der Waals surface area contributed by atoms with Gasteiger partial charge in [0.15, 0.2) is 0 Å². The minimum absolute atomic E-state index is 0.150. The molecule has 0 spiro atoms. The average molecular weight is 1060 g/mol. The fourth-order valence-electron chi connectivity index (χ4n) is 10.1. The Kier molecular flexibility index (Phi) is 18.7. The van der Waals surface area contributed by atoms with Gasteiger partial charge in [0, 0.05) is 24.5 Å². The number of fused-ring (bicyclic) bond motifs is 2. The third kappa shape index (κ3) is 13.7. The highest BCUT2D eigenvalue weighted by Crippen LogP contribution is 2.38. The lowest BCUT2D eigenvalue weighted by atomic mass is 9.85. The molecule has 4 fully saturated rings. The van der Waals surface area contributed by atoms with Crippen molar-refractivity contribution in [2.45, 2.75) is 129 Å². The van der Waals surface area contributed by atoms with E-state index < -0.39 is 144 Å². The molecule has 6 rings (SSSR count). The molecule has 1 unspecified atom stereocenters. The highest BCUT2D eigenvalue weighted by atomic mass is 16.6. The molecule has 24 nitrogen and oxygen atoms in total. The first-order valence-corrected chi connectivity index (χ1v) is 25.6. The van der Waals surface area contributed by atoms with Crippen LogP contribution < -0.4 is 42.5 Å². The first kappa shape index (κ1) is 57.9. The molecule has 0 radical (unpaired) electrons. The Hall–Kier alpha value is -7.34. The SMILES string of the molecule is CN[C@@H](C)C(=O)NC(C(=O)N1CC[C@@H]2[C@H]1[C@@H](OC(=O)Nc1ccccc1)CN2C(=O)CNC(=O)C(=O)NCC(=O)N1C[C@H](OC(=O)Nc2ccccc2)[C@@H]2[C@H]1CCN2C(=O)[C@@H](NC(=O)[C@H](C)NC)C(C)(C)C)C(C)(C)C. The number of anilines is 2. The standard InChI is InChI=1S/C52H74N12O12/c1-29(53-9)43(67)59-41(51(3,4)5)47(71)61-23-21-33-39(61)35(75-49(73)57-31-17-13-11-14-18-31)27-63(33)37(65)25-55-45(69)46(70)56-26-38(66)64-28-36(76-50(74)58-32-19-15-12-16-20-32)40-34(64)22-24-62(40)48(72)42(52(6,7)8)60-44(68)30(2)54-10/h11-20,29-30,33-36,39-42,53-54H,21-28H2,1-10H3,(H,55,69)(H,56,70)(H,57,73)(H,58,74)(H,59,67)(H,60,68)/t29-,30-,33+,34+,35-,36-,39-,40-,41+,42?/m0/s1. The Bertz CT molecular complexity index is 2320. The number of hydrogen-bond donors (Lipinski definition) is 8. The molecule has 0 aliphatic carbocycles. The maximum absolute atomic E-state index is 14.4. The molecule has 4 heterocycles. The Balaban J connectivity index is 1.11. The Morgan fingerprint density at radius 1 is 0.539 bits per heavy atom. The van der Waals surface area contributed by atoms with Crippen molar-refractivity contribution in [1.82, 2.24) is 51.5 Å². The number of nitrogens with one attached hydrogen (secondary N) is 8. The van der Waals surface area contributed by atoms with Gasteiger partial charge in [-0.25, -0.2) is 9.59 Å². The summed E-state index contributed by atoms with van der Waals surface area (Å²) in [6.45, 7) is 12.8. The summed E-state index contributed by atoms with van der Waals surface area (Å²) in [5, 5.41) is 21.4. The van der Waals surface area contributed by atoms with Crippen LogP contribution in [0.3, 0.4) is 0 Å². The van der Waals surface area contributed by atoms with Gasteiger partial charge in [-0.3, -0.25) is 49.0 Å². The Morgan fingerprint density at radius 3 is 1.20 bits per heavy atom. The molecular formula is C52H74N12O12. The minimum Gasteiger partial charge on any atom is -0.442 e. The van der Waals surface area contributed by atoms with Gasteiger partial charge in [-0.15, -0.1) is 0 Å². The lowest BCUT2D eigenvalue weighted by molar-refractivity contribution is -0.142. The van der Waals surface area contributed by atoms with Crippen molar-refractivity contribution in [1.29, 1.82) is 0 Å². The summed E-state index contributed by atoms with van der Waals surface area (Å²) in [6, 6.07) is 10.9. The topological polar surface area (TPSA) is 298 Å². The van der Waals surface area contributed by atoms with Crippen molar-refractivity contribution in [3.05, 3.63) is 60.7 Å². The first-order chi connectivity index (χ1) is 35.8. The lowest BCUT2D eigenvalue weighted by Crippen LogP contribution is -2.59. The van der Waals surface area contributed by atoms with Gasteiger partial charge in [-0.1, -0.05) is 77.9 Å². The lowest BCUT2D eigenvalue weighted by Gasteiger charge is -2.37. The zero-order valence-corrected chi connectivity index (χ0v) is 44.9. The van der Waals surface area contributed by atoms with Gasteiger partial charge in [-0.2, -0.15) is 0 Å². The summed E-state index contributed by atoms with van der Waals surface area (Å²) in [5.41, 5.74) is -0.611. The smallest absolute Gasteiger partial charge is 0.412 e. The monoisotopic (exact) mass is 1060 g/mol. The van der Waals surface area contributed by atoms with Gasteiger partial charge in [-0.05, 0) is 75.9 Å². The van der Waals surface area contributed by atoms with E-state index in [9.17, 15) is 47.9 Å². The number of likely N-dealkylation sites (tertiary alicyclic amines) is 4. The number of para-hydroxylation sites is 2. The molecule has 2 aromatic carbocycles. The first-order valence-electron chi connectivity index (χ1n) is 25.6. The van der Waals surface area contributed by atoms with Crippen LogP contribution in [0.15, 0.2) is 60.7 Å². The molecule has 0 aromatic heterocycles. The number of carbonyl (C=O) groups is 10. The van der Waals surface area contributed by atoms with Crippen LogP contribution in [0.5, 0.6) is 0 Å². The van der Waals surface area contributed by atoms with Crippen molar-refractivity contribution in [3.63, 3.8) is 0 Å². The second-order valence-electron chi connectivity index (χ2n) is 21.7. The molecule has 2 aromatic rings. The van der Waals surface area contributed by atoms with Crippen LogP contribution in [0.1, 0.15) is 68.2 Å². The number of likely N-dealkylation sites (N-methyl/N-ethyl adjacent to an activating group) is 2. The molecule has 4 aliphatic heterocycles. The van der Waals surface area contributed by atoms with Crippen LogP contribution in [-0.4, -0.2) is 193 Å². The molecule has 0 saturated carbocycles. The van der Waals surface area contributed by atoms with E-state index in [0.29, 0.717) is 11.4 Å². The fraction of sp³-hybridized carbons (Fsp3) is 0.577. The van der Waals surface area contributed by atoms with Crippen LogP contribution in [0.25, 0.3) is 0 Å². The molecule has 4 saturated heterocycles. The molecular weight excluding hydrogens is 985 g/mol. The number of hydrogen-bond acceptors (Lipinski definition) is 14. The summed E-state index contributed by atoms with van der Waals surface area (Å²) >= 11 is 0. The van der Waals surface area contributed by atoms with Gasteiger partial charge in [0.05, 0.1) is 62.4 Å². The van der Waals surface area contributed by atoms with E-state index >= 15 is 0 Å². The van der Waals surface area contributed by atoms with E-state index in [-0.39, 0.29) is 39.0 Å². The van der Waals surface area contributed by atoms with Crippen LogP contribution >= 0.6 is 0 Å². The molecule has 24 heteroatoms. The third-order valence-corrected chi connectivity index (χ3v) is 14.4. The molecule has 414 valence electrons. The largest absolute Gasteiger partial charge is 0.442 e. The van der Waals surface area contributed by atoms with E-state index in [1.54, 1.807) is 88.6 Å². The summed E-state index contributed by atoms with van der Waals surface area (Å²) in [6.07, 6.45) is -3.19. The van der Waals surface area contributed by atoms with Crippen molar-refractivity contribution < 1.29 is 57.4 Å². The Morgan fingerprint density at radius 2 is 0.882 bits per heavy atom. The minimum atomic E-state index is -1.23. The zero-order valence-electron chi connectivity index (χ0n) is 44.9. The number of rotatable bonds is 16. The van der Waals surface area contributed by atoms with Gasteiger partial charge in [0.2, 0.25) is 35.4 Å². The van der Waals surface area contributed by atoms with Crippen LogP contribution in [0, 0.1) is 10.8 Å². The number of nitrogens with zero attached hydrogens (tertiary/aromatic N) is 4. The Labute approximate surface area is 442 Å². The van der Waals surface area contributed by atoms with Crippen LogP contribution in [-0.2, 0) is 47.8 Å². The van der Waals surface area contributed by atoms with E-state index in [2.05, 4.69) is 42.5 Å². The van der Waals surface area contributed by atoms with Crippen LogP contribution in [0.4, 0.5) is 21.0 Å². The summed E-state index contributed by atoms with van der Waals surface area (Å²) < 4.78 is 11.8. The molecule has 8 N–H and O–H groups in total. The summed E-state index contributed by atoms with van der Waals surface area (Å²) in [4.78, 5) is 142. The van der Waals surface area contributed by atoms with E-state index in [4.69, 9.17) is 9.47 Å². The van der Waals surface area contributed by atoms with Crippen molar-refractivity contribution in [2.75, 3.05) is 64.0 Å². The molecule has 0 bridgehead atoms. The quantitative estimate of drug-likeness (QED) is 0.105. The molecule has 10 atom stereocenters. The fourth-order valence-corrected chi connectivity index (χ4v) is 10.1. The maximum Gasteiger partial charge on any atom is 0.412 e. The predicted octanol–water partition coefficient (Wildman–Crippen LogP) is 0.354. The zero-order chi connectivity index (χ0) is 55.8. The number of amides is 10. The molecule has 4 aliphatic rings. The summed E-state index contributed by atoms with van der Waals surface area (Å²) in [7, 11) is 3.24. The second kappa shape index (κ2) is 24.6. The third-order valence-electron chi connectivity index (χ3n) is 14.4. The van der Waals surface area contributed by atoms with Crippen molar-refractivity contribution in [2.24, 2.45) is 10.8 Å². The highest BCUT2D eigenvalue weighted by molar-refractivity contribution is 6.35. The van der Waals surface area contributed by atoms with E-state index in [1.807, 2.05) is 41.5 Å². The second-order valence-corrected chi connectivity index (χ2v) is 21.7. The van der Waals surface area contributed by atoms with Crippen molar-refractivity contribution >= 4 is 70.8 Å². The van der Waals surface area contributed by atoms with Gasteiger partial charge < -0.3 is 61.0 Å². The van der Waals surface area contributed by atoms with Gasteiger partial charge in [0.1, 0.15) is 24.3 Å². The van der Waals surface area contributed by atoms with Gasteiger partial charge in [0.25, 0.3) is 0 Å². The van der Waals surface area contributed by atoms with Gasteiger partial charge >= 0.3 is 24.0 Å². The average Bonchev–Trinajstić information content (AvgIpc) is 4.17.